The maximum Gasteiger partial charge on any atom is 0.261 e. The summed E-state index contributed by atoms with van der Waals surface area (Å²) in [6.07, 6.45) is 8.28. The van der Waals surface area contributed by atoms with Gasteiger partial charge in [-0.15, -0.1) is 0 Å². The Kier molecular flexibility index (Phi) is 5.19. The summed E-state index contributed by atoms with van der Waals surface area (Å²) in [5.74, 6) is -0.143. The number of imide groups is 1. The van der Waals surface area contributed by atoms with Crippen LogP contribution in [0.4, 0.5) is 4.39 Å². The third kappa shape index (κ3) is 3.45. The molecule has 2 unspecified atom stereocenters. The minimum absolute atomic E-state index is 0.0553. The standard InChI is InChI=1S/C25H26FN3O3/c1-2-5-17-10-22(17)28-9-8-18-14-27(15-21(18)25(28)32)12-16(11-26)13-29-23(30)19-6-3-4-7-20(19)24(29)31/h3-4,6-7,11,14-15,17,22H,2,5,8-10,12-13H2,1H3/b16-11-. The molecule has 0 radical (unpaired) electrons. The quantitative estimate of drug-likeness (QED) is 0.621. The molecule has 1 saturated carbocycles. The Morgan fingerprint density at radius 2 is 1.75 bits per heavy atom. The van der Waals surface area contributed by atoms with Crippen LogP contribution >= 0.6 is 0 Å². The first kappa shape index (κ1) is 20.7. The first-order valence-corrected chi connectivity index (χ1v) is 11.2. The van der Waals surface area contributed by atoms with Crippen LogP contribution in [0.5, 0.6) is 0 Å². The van der Waals surface area contributed by atoms with Crippen molar-refractivity contribution in [3.8, 4) is 0 Å². The van der Waals surface area contributed by atoms with Crippen LogP contribution in [-0.4, -0.2) is 51.2 Å². The Balaban J connectivity index is 1.28. The molecule has 2 aliphatic heterocycles. The maximum atomic E-state index is 13.7. The number of carbonyl (C=O) groups is 3. The highest BCUT2D eigenvalue weighted by atomic mass is 19.1. The lowest BCUT2D eigenvalue weighted by Crippen LogP contribution is -2.39. The fourth-order valence-electron chi connectivity index (χ4n) is 5.09. The number of rotatable bonds is 7. The molecule has 1 aromatic heterocycles. The number of halogens is 1. The van der Waals surface area contributed by atoms with Crippen LogP contribution in [-0.2, 0) is 13.0 Å². The number of aromatic nitrogens is 1. The molecule has 5 rings (SSSR count). The van der Waals surface area contributed by atoms with Gasteiger partial charge in [-0.1, -0.05) is 25.5 Å². The zero-order valence-corrected chi connectivity index (χ0v) is 18.1. The first-order chi connectivity index (χ1) is 15.5. The van der Waals surface area contributed by atoms with E-state index in [2.05, 4.69) is 6.92 Å². The molecule has 3 aliphatic rings. The highest BCUT2D eigenvalue weighted by Crippen LogP contribution is 2.41. The molecule has 0 spiro atoms. The Hall–Kier alpha value is -3.22. The molecule has 6 nitrogen and oxygen atoms in total. The number of benzene rings is 1. The molecule has 7 heteroatoms. The van der Waals surface area contributed by atoms with E-state index in [1.807, 2.05) is 11.1 Å². The Morgan fingerprint density at radius 3 is 2.41 bits per heavy atom. The fourth-order valence-corrected chi connectivity index (χ4v) is 5.09. The van der Waals surface area contributed by atoms with Crippen molar-refractivity contribution in [3.63, 3.8) is 0 Å². The van der Waals surface area contributed by atoms with Crippen molar-refractivity contribution < 1.29 is 18.8 Å². The molecule has 1 aliphatic carbocycles. The van der Waals surface area contributed by atoms with E-state index in [0.29, 0.717) is 40.6 Å². The van der Waals surface area contributed by atoms with Crippen LogP contribution in [0.15, 0.2) is 48.6 Å². The van der Waals surface area contributed by atoms with Crippen molar-refractivity contribution in [3.05, 3.63) is 70.8 Å². The van der Waals surface area contributed by atoms with Gasteiger partial charge in [-0.25, -0.2) is 4.39 Å². The highest BCUT2D eigenvalue weighted by molar-refractivity contribution is 6.21. The molecule has 0 bridgehead atoms. The van der Waals surface area contributed by atoms with E-state index in [1.54, 1.807) is 35.0 Å². The van der Waals surface area contributed by atoms with Crippen molar-refractivity contribution in [1.29, 1.82) is 0 Å². The topological polar surface area (TPSA) is 62.6 Å². The third-order valence-corrected chi connectivity index (χ3v) is 6.80. The summed E-state index contributed by atoms with van der Waals surface area (Å²) in [5, 5.41) is 0. The van der Waals surface area contributed by atoms with E-state index in [0.717, 1.165) is 42.7 Å². The summed E-state index contributed by atoms with van der Waals surface area (Å²) in [6, 6.07) is 6.98. The van der Waals surface area contributed by atoms with Crippen LogP contribution < -0.4 is 0 Å². The summed E-state index contributed by atoms with van der Waals surface area (Å²) in [7, 11) is 0. The second kappa shape index (κ2) is 8.04. The van der Waals surface area contributed by atoms with Crippen LogP contribution in [0.2, 0.25) is 0 Å². The van der Waals surface area contributed by atoms with Gasteiger partial charge in [-0.2, -0.15) is 0 Å². The van der Waals surface area contributed by atoms with Crippen molar-refractivity contribution in [2.24, 2.45) is 5.92 Å². The zero-order chi connectivity index (χ0) is 22.4. The molecular weight excluding hydrogens is 409 g/mol. The Morgan fingerprint density at radius 1 is 1.03 bits per heavy atom. The Labute approximate surface area is 186 Å². The van der Waals surface area contributed by atoms with E-state index < -0.39 is 11.8 Å². The van der Waals surface area contributed by atoms with E-state index >= 15 is 0 Å². The van der Waals surface area contributed by atoms with Gasteiger partial charge in [0, 0.05) is 31.5 Å². The van der Waals surface area contributed by atoms with Crippen molar-refractivity contribution >= 4 is 17.7 Å². The van der Waals surface area contributed by atoms with Crippen molar-refractivity contribution in [2.45, 2.75) is 45.2 Å². The van der Waals surface area contributed by atoms with Gasteiger partial charge in [0.1, 0.15) is 0 Å². The summed E-state index contributed by atoms with van der Waals surface area (Å²) < 4.78 is 15.5. The van der Waals surface area contributed by atoms with Gasteiger partial charge in [0.05, 0.1) is 29.6 Å². The van der Waals surface area contributed by atoms with Crippen LogP contribution in [0.3, 0.4) is 0 Å². The second-order valence-corrected chi connectivity index (χ2v) is 8.98. The molecule has 0 N–H and O–H groups in total. The summed E-state index contributed by atoms with van der Waals surface area (Å²) >= 11 is 0. The lowest BCUT2D eigenvalue weighted by molar-refractivity contribution is 0.0664. The molecule has 166 valence electrons. The zero-order valence-electron chi connectivity index (χ0n) is 18.1. The summed E-state index contributed by atoms with van der Waals surface area (Å²) in [5.41, 5.74) is 2.63. The van der Waals surface area contributed by atoms with Gasteiger partial charge in [0.2, 0.25) is 0 Å². The average Bonchev–Trinajstić information content (AvgIpc) is 3.36. The highest BCUT2D eigenvalue weighted by Gasteiger charge is 2.44. The molecule has 2 aromatic rings. The molecule has 3 heterocycles. The number of amides is 3. The van der Waals surface area contributed by atoms with Crippen LogP contribution in [0, 0.1) is 5.92 Å². The minimum atomic E-state index is -0.409. The minimum Gasteiger partial charge on any atom is -0.349 e. The van der Waals surface area contributed by atoms with E-state index in [-0.39, 0.29) is 19.0 Å². The van der Waals surface area contributed by atoms with E-state index in [9.17, 15) is 18.8 Å². The van der Waals surface area contributed by atoms with Gasteiger partial charge in [-0.3, -0.25) is 19.3 Å². The predicted molar refractivity (Wildman–Crippen MR) is 117 cm³/mol. The SMILES string of the molecule is CCCC1CC1N1CCc2cn(C/C(=C/F)CN3C(=O)c4ccccc4C3=O)cc2C1=O. The van der Waals surface area contributed by atoms with E-state index in [4.69, 9.17) is 0 Å². The molecule has 1 aromatic carbocycles. The first-order valence-electron chi connectivity index (χ1n) is 11.2. The fraction of sp³-hybridized carbons (Fsp3) is 0.400. The number of fused-ring (bicyclic) bond motifs is 2. The van der Waals surface area contributed by atoms with Crippen molar-refractivity contribution in [2.75, 3.05) is 13.1 Å². The predicted octanol–water partition coefficient (Wildman–Crippen LogP) is 3.82. The number of hydrogen-bond acceptors (Lipinski definition) is 3. The van der Waals surface area contributed by atoms with Crippen molar-refractivity contribution in [1.82, 2.24) is 14.4 Å². The number of nitrogens with zero attached hydrogens (tertiary/aromatic N) is 3. The number of carbonyl (C=O) groups excluding carboxylic acids is 3. The summed E-state index contributed by atoms with van der Waals surface area (Å²) in [6.45, 7) is 2.95. The van der Waals surface area contributed by atoms with Gasteiger partial charge in [-0.05, 0) is 48.4 Å². The number of hydrogen-bond donors (Lipinski definition) is 0. The summed E-state index contributed by atoms with van der Waals surface area (Å²) in [4.78, 5) is 41.3. The maximum absolute atomic E-state index is 13.7. The normalized spacial score (nSPS) is 22.4. The lowest BCUT2D eigenvalue weighted by Gasteiger charge is -2.27. The van der Waals surface area contributed by atoms with Gasteiger partial charge in [0.25, 0.3) is 17.7 Å². The van der Waals surface area contributed by atoms with Crippen LogP contribution in [0.1, 0.15) is 62.8 Å². The second-order valence-electron chi connectivity index (χ2n) is 8.98. The third-order valence-electron chi connectivity index (χ3n) is 6.80. The molecule has 3 amide bonds. The van der Waals surface area contributed by atoms with Crippen LogP contribution in [0.25, 0.3) is 0 Å². The van der Waals surface area contributed by atoms with E-state index in [1.165, 1.54) is 0 Å². The largest absolute Gasteiger partial charge is 0.349 e. The molecular formula is C25H26FN3O3. The van der Waals surface area contributed by atoms with Gasteiger partial charge in [0.15, 0.2) is 0 Å². The lowest BCUT2D eigenvalue weighted by atomic mass is 10.0. The molecule has 0 saturated heterocycles. The molecule has 1 fully saturated rings. The Bertz CT molecular complexity index is 1100. The molecule has 32 heavy (non-hydrogen) atoms. The van der Waals surface area contributed by atoms with Gasteiger partial charge < -0.3 is 9.47 Å². The van der Waals surface area contributed by atoms with Gasteiger partial charge >= 0.3 is 0 Å². The smallest absolute Gasteiger partial charge is 0.261 e. The average molecular weight is 435 g/mol. The monoisotopic (exact) mass is 435 g/mol. The molecule has 2 atom stereocenters.